The van der Waals surface area contributed by atoms with Gasteiger partial charge in [-0.3, -0.25) is 15.1 Å². The molecule has 32 heavy (non-hydrogen) atoms. The number of ketones is 1. The number of amides is 1. The number of nitrogens with zero attached hydrogens (tertiary/aromatic N) is 1. The van der Waals surface area contributed by atoms with Gasteiger partial charge in [0.1, 0.15) is 6.10 Å². The third-order valence-corrected chi connectivity index (χ3v) is 4.51. The lowest BCUT2D eigenvalue weighted by Gasteiger charge is -2.20. The molecule has 0 aliphatic carbocycles. The van der Waals surface area contributed by atoms with E-state index >= 15 is 0 Å². The molecule has 1 aromatic rings. The predicted octanol–water partition coefficient (Wildman–Crippen LogP) is 0.102. The molecule has 12 heteroatoms. The van der Waals surface area contributed by atoms with E-state index in [0.717, 1.165) is 12.0 Å². The van der Waals surface area contributed by atoms with Crippen LogP contribution in [0.4, 0.5) is 10.5 Å². The Morgan fingerprint density at radius 2 is 1.97 bits per heavy atom. The van der Waals surface area contributed by atoms with Crippen molar-refractivity contribution in [2.24, 2.45) is 22.2 Å². The van der Waals surface area contributed by atoms with Crippen LogP contribution in [0.3, 0.4) is 0 Å². The Morgan fingerprint density at radius 1 is 1.28 bits per heavy atom. The first-order valence-corrected chi connectivity index (χ1v) is 9.99. The van der Waals surface area contributed by atoms with Gasteiger partial charge in [-0.1, -0.05) is 25.5 Å². The van der Waals surface area contributed by atoms with Crippen molar-refractivity contribution < 1.29 is 29.1 Å². The average molecular weight is 448 g/mol. The fourth-order valence-electron chi connectivity index (χ4n) is 2.82. The summed E-state index contributed by atoms with van der Waals surface area (Å²) in [7, 11) is 0. The van der Waals surface area contributed by atoms with E-state index in [4.69, 9.17) is 26.8 Å². The van der Waals surface area contributed by atoms with Crippen molar-refractivity contribution in [2.45, 2.75) is 44.4 Å². The Kier molecular flexibility index (Phi) is 8.98. The Bertz CT molecular complexity index is 881. The summed E-state index contributed by atoms with van der Waals surface area (Å²) in [4.78, 5) is 45.1. The number of hydrogen-bond acceptors (Lipinski definition) is 8. The molecule has 1 aliphatic rings. The minimum absolute atomic E-state index is 0.0578. The number of ether oxygens (including phenoxy) is 1. The monoisotopic (exact) mass is 448 g/mol. The molecule has 0 fully saturated rings. The van der Waals surface area contributed by atoms with E-state index in [2.05, 4.69) is 15.8 Å². The van der Waals surface area contributed by atoms with Crippen LogP contribution >= 0.6 is 0 Å². The number of nitrogens with two attached hydrogens (primary N) is 3. The zero-order valence-electron chi connectivity index (χ0n) is 17.6. The number of aliphatic imine (C=N–C) groups is 1. The molecule has 1 heterocycles. The van der Waals surface area contributed by atoms with Gasteiger partial charge in [0.2, 0.25) is 0 Å². The zero-order valence-corrected chi connectivity index (χ0v) is 17.6. The molecule has 0 aromatic heterocycles. The quantitative estimate of drug-likeness (QED) is 0.153. The van der Waals surface area contributed by atoms with E-state index in [1.54, 1.807) is 30.3 Å². The molecule has 0 saturated heterocycles. The van der Waals surface area contributed by atoms with Crippen LogP contribution in [-0.2, 0) is 19.2 Å². The summed E-state index contributed by atoms with van der Waals surface area (Å²) in [6.45, 7) is 2.05. The number of alkyl carbamates (subject to hydrolysis) is 1. The summed E-state index contributed by atoms with van der Waals surface area (Å²) in [6, 6.07) is 3.82. The van der Waals surface area contributed by atoms with Crippen LogP contribution in [0.5, 0.6) is 0 Å². The van der Waals surface area contributed by atoms with Crippen molar-refractivity contribution in [3.05, 3.63) is 35.9 Å². The molecule has 2 rings (SSSR count). The normalized spacial score (nSPS) is 16.8. The van der Waals surface area contributed by atoms with Crippen molar-refractivity contribution in [3.63, 3.8) is 0 Å². The number of rotatable bonds is 11. The number of hydrogen-bond donors (Lipinski definition) is 6. The molecule has 174 valence electrons. The minimum atomic E-state index is -1.63. The van der Waals surface area contributed by atoms with Crippen LogP contribution in [-0.4, -0.2) is 53.7 Å². The van der Waals surface area contributed by atoms with Gasteiger partial charge in [0.25, 0.3) is 0 Å². The molecule has 1 unspecified atom stereocenters. The van der Waals surface area contributed by atoms with E-state index in [-0.39, 0.29) is 19.0 Å². The maximum Gasteiger partial charge on any atom is 0.407 e. The van der Waals surface area contributed by atoms with Crippen LogP contribution in [0.1, 0.15) is 31.7 Å². The lowest BCUT2D eigenvalue weighted by molar-refractivity contribution is -0.142. The van der Waals surface area contributed by atoms with Gasteiger partial charge >= 0.3 is 12.1 Å². The highest BCUT2D eigenvalue weighted by Gasteiger charge is 2.34. The maximum absolute atomic E-state index is 12.5. The highest BCUT2D eigenvalue weighted by molar-refractivity contribution is 5.93. The Balaban J connectivity index is 1.96. The van der Waals surface area contributed by atoms with E-state index < -0.39 is 36.0 Å². The fourth-order valence-corrected chi connectivity index (χ4v) is 2.82. The molecular weight excluding hydrogens is 420 g/mol. The molecule has 12 nitrogen and oxygen atoms in total. The smallest absolute Gasteiger partial charge is 0.407 e. The Hall–Kier alpha value is -3.64. The predicted molar refractivity (Wildman–Crippen MR) is 116 cm³/mol. The minimum Gasteiger partial charge on any atom is -0.480 e. The van der Waals surface area contributed by atoms with Crippen molar-refractivity contribution in [1.29, 1.82) is 0 Å². The summed E-state index contributed by atoms with van der Waals surface area (Å²) in [5.41, 5.74) is 21.2. The van der Waals surface area contributed by atoms with E-state index in [9.17, 15) is 19.5 Å². The van der Waals surface area contributed by atoms with Crippen molar-refractivity contribution in [2.75, 3.05) is 6.61 Å². The highest BCUT2D eigenvalue weighted by Crippen LogP contribution is 2.23. The van der Waals surface area contributed by atoms with E-state index in [1.165, 1.54) is 0 Å². The van der Waals surface area contributed by atoms with Crippen molar-refractivity contribution in [1.82, 2.24) is 10.8 Å². The Morgan fingerprint density at radius 3 is 2.56 bits per heavy atom. The van der Waals surface area contributed by atoms with Gasteiger partial charge in [-0.2, -0.15) is 0 Å². The molecule has 3 atom stereocenters. The maximum atomic E-state index is 12.5. The molecular formula is C20H28N6O6. The third kappa shape index (κ3) is 7.25. The lowest BCUT2D eigenvalue weighted by Crippen LogP contribution is -2.56. The number of carbonyl (C=O) groups excluding carboxylic acids is 2. The zero-order chi connectivity index (χ0) is 23.7. The fraction of sp³-hybridized carbons (Fsp3) is 0.400. The van der Waals surface area contributed by atoms with Gasteiger partial charge < -0.3 is 32.4 Å². The molecule has 9 N–H and O–H groups in total. The molecule has 0 radical (unpaired) electrons. The van der Waals surface area contributed by atoms with E-state index in [1.807, 2.05) is 6.92 Å². The van der Waals surface area contributed by atoms with Crippen LogP contribution in [0.25, 0.3) is 5.70 Å². The van der Waals surface area contributed by atoms with Crippen LogP contribution < -0.4 is 28.0 Å². The molecule has 0 spiro atoms. The molecule has 0 saturated carbocycles. The molecule has 1 amide bonds. The first-order chi connectivity index (χ1) is 15.2. The van der Waals surface area contributed by atoms with Crippen LogP contribution in [0.15, 0.2) is 35.3 Å². The van der Waals surface area contributed by atoms with Gasteiger partial charge in [-0.05, 0) is 30.2 Å². The van der Waals surface area contributed by atoms with Crippen LogP contribution in [0, 0.1) is 0 Å². The average Bonchev–Trinajstić information content (AvgIpc) is 3.20. The van der Waals surface area contributed by atoms with Gasteiger partial charge in [-0.15, -0.1) is 0 Å². The summed E-state index contributed by atoms with van der Waals surface area (Å²) in [6.07, 6.45) is 1.29. The second kappa shape index (κ2) is 11.7. The number of aliphatic carboxylic acids is 1. The molecule has 1 aromatic carbocycles. The van der Waals surface area contributed by atoms with E-state index in [0.29, 0.717) is 17.8 Å². The molecule has 0 bridgehead atoms. The topological polar surface area (TPSA) is 204 Å². The highest BCUT2D eigenvalue weighted by atomic mass is 16.7. The number of carboxylic acid groups (broad SMARTS) is 1. The first-order valence-electron chi connectivity index (χ1n) is 9.99. The lowest BCUT2D eigenvalue weighted by atomic mass is 9.99. The summed E-state index contributed by atoms with van der Waals surface area (Å²) in [5, 5.41) is 11.5. The number of nitrogens with one attached hydrogen (secondary N) is 2. The number of benzene rings is 1. The number of carboxylic acids is 1. The second-order valence-corrected chi connectivity index (χ2v) is 7.07. The number of guanidine groups is 1. The second-order valence-electron chi connectivity index (χ2n) is 7.07. The summed E-state index contributed by atoms with van der Waals surface area (Å²) < 4.78 is 4.87. The summed E-state index contributed by atoms with van der Waals surface area (Å²) >= 11 is 0. The first kappa shape index (κ1) is 24.6. The standard InChI is InChI=1S/C20H28N6O6/c1-2-3-8-31-20(30)25-17(18(28)29)16(21)15(27)10-13-9-14(26-32-13)11-4-6-12(7-5-11)24-19(22)23/h4-7,9,13,16-17,26H,2-3,8,10,21H2,1H3,(H,25,30)(H,28,29)(H4,22,23,24)/t13-,16-,17?/m1/s1. The largest absolute Gasteiger partial charge is 0.480 e. The summed E-state index contributed by atoms with van der Waals surface area (Å²) in [5.74, 6) is -2.10. The molecule has 1 aliphatic heterocycles. The number of Topliss-reactive ketones (excluding diaryl/α,β-unsaturated/α-hetero) is 1. The van der Waals surface area contributed by atoms with Crippen LogP contribution in [0.2, 0.25) is 0 Å². The Labute approximate surface area is 184 Å². The van der Waals surface area contributed by atoms with Gasteiger partial charge in [0, 0.05) is 6.42 Å². The van der Waals surface area contributed by atoms with Gasteiger partial charge in [0.15, 0.2) is 17.8 Å². The number of hydroxylamine groups is 1. The van der Waals surface area contributed by atoms with Gasteiger partial charge in [0.05, 0.1) is 24.0 Å². The third-order valence-electron chi connectivity index (χ3n) is 4.51. The number of unbranched alkanes of at least 4 members (excludes halogenated alkanes) is 1. The number of carbonyl (C=O) groups is 3. The van der Waals surface area contributed by atoms with Crippen molar-refractivity contribution in [3.8, 4) is 0 Å². The SMILES string of the molecule is CCCCOC(=O)NC(C(=O)O)[C@H](N)C(=O)C[C@H]1C=C(c2ccc(N=C(N)N)cc2)NO1. The van der Waals surface area contributed by atoms with Crippen molar-refractivity contribution >= 4 is 35.2 Å². The van der Waals surface area contributed by atoms with Gasteiger partial charge in [-0.25, -0.2) is 14.6 Å².